The van der Waals surface area contributed by atoms with Gasteiger partial charge in [-0.3, -0.25) is 4.79 Å². The zero-order chi connectivity index (χ0) is 17.9. The molecule has 2 saturated heterocycles. The lowest BCUT2D eigenvalue weighted by molar-refractivity contribution is 0.0439. The van der Waals surface area contributed by atoms with Crippen molar-refractivity contribution in [2.24, 2.45) is 5.92 Å². The molecule has 2 bridgehead atoms. The van der Waals surface area contributed by atoms with Crippen molar-refractivity contribution in [1.82, 2.24) is 30.0 Å². The molecule has 8 nitrogen and oxygen atoms in total. The van der Waals surface area contributed by atoms with E-state index in [0.29, 0.717) is 18.1 Å². The SMILES string of the molecule is CCCN1C[C@@H]2COC[C@H](C1)N(C(=O)c1ccc(-n3cnnn3)cc1)C2. The van der Waals surface area contributed by atoms with Crippen LogP contribution < -0.4 is 0 Å². The Hall–Kier alpha value is -2.32. The Morgan fingerprint density at radius 1 is 1.19 bits per heavy atom. The molecule has 0 unspecified atom stereocenters. The van der Waals surface area contributed by atoms with Crippen LogP contribution in [-0.2, 0) is 4.74 Å². The molecule has 2 aliphatic heterocycles. The molecular weight excluding hydrogens is 332 g/mol. The first-order chi connectivity index (χ1) is 12.7. The van der Waals surface area contributed by atoms with Gasteiger partial charge in [-0.15, -0.1) is 5.10 Å². The van der Waals surface area contributed by atoms with Gasteiger partial charge in [0.2, 0.25) is 0 Å². The fourth-order valence-electron chi connectivity index (χ4n) is 3.89. The number of ether oxygens (including phenoxy) is 1. The number of hydrogen-bond donors (Lipinski definition) is 0. The molecule has 0 radical (unpaired) electrons. The van der Waals surface area contributed by atoms with Crippen LogP contribution in [0.4, 0.5) is 0 Å². The van der Waals surface area contributed by atoms with Gasteiger partial charge in [-0.05, 0) is 47.7 Å². The maximum atomic E-state index is 13.2. The Balaban J connectivity index is 1.53. The third-order valence-corrected chi connectivity index (χ3v) is 5.07. The third kappa shape index (κ3) is 3.47. The minimum Gasteiger partial charge on any atom is -0.379 e. The van der Waals surface area contributed by atoms with E-state index in [4.69, 9.17) is 4.74 Å². The summed E-state index contributed by atoms with van der Waals surface area (Å²) >= 11 is 0. The summed E-state index contributed by atoms with van der Waals surface area (Å²) in [6.45, 7) is 7.29. The highest BCUT2D eigenvalue weighted by Gasteiger charge is 2.35. The van der Waals surface area contributed by atoms with E-state index in [-0.39, 0.29) is 11.9 Å². The standard InChI is InChI=1S/C18H24N6O2/c1-2-7-22-8-14-9-23(17(10-22)12-26-11-14)18(25)15-3-5-16(6-4-15)24-13-19-20-21-24/h3-6,13-14,17H,2,7-12H2,1H3/t14-,17-/m0/s1. The Morgan fingerprint density at radius 3 is 2.77 bits per heavy atom. The van der Waals surface area contributed by atoms with E-state index in [0.717, 1.165) is 44.9 Å². The summed E-state index contributed by atoms with van der Waals surface area (Å²) in [4.78, 5) is 17.7. The van der Waals surface area contributed by atoms with E-state index in [2.05, 4.69) is 27.3 Å². The molecule has 1 aromatic carbocycles. The van der Waals surface area contributed by atoms with Gasteiger partial charge in [-0.1, -0.05) is 6.92 Å². The van der Waals surface area contributed by atoms with Gasteiger partial charge in [0.05, 0.1) is 24.9 Å². The van der Waals surface area contributed by atoms with Crippen LogP contribution in [0.3, 0.4) is 0 Å². The van der Waals surface area contributed by atoms with Crippen LogP contribution in [0.5, 0.6) is 0 Å². The molecule has 8 heteroatoms. The number of fused-ring (bicyclic) bond motifs is 3. The number of carbonyl (C=O) groups is 1. The Bertz CT molecular complexity index is 733. The first kappa shape index (κ1) is 17.1. The first-order valence-electron chi connectivity index (χ1n) is 9.19. The lowest BCUT2D eigenvalue weighted by Gasteiger charge is -2.31. The molecule has 2 atom stereocenters. The average Bonchev–Trinajstić information content (AvgIpc) is 3.04. The molecule has 26 heavy (non-hydrogen) atoms. The quantitative estimate of drug-likeness (QED) is 0.808. The minimum atomic E-state index is 0.0760. The molecule has 2 fully saturated rings. The van der Waals surface area contributed by atoms with Crippen LogP contribution in [0, 0.1) is 5.92 Å². The zero-order valence-corrected chi connectivity index (χ0v) is 15.0. The van der Waals surface area contributed by atoms with E-state index in [1.807, 2.05) is 29.2 Å². The summed E-state index contributed by atoms with van der Waals surface area (Å²) < 4.78 is 7.40. The first-order valence-corrected chi connectivity index (χ1v) is 9.19. The summed E-state index contributed by atoms with van der Waals surface area (Å²) in [5.74, 6) is 0.450. The molecule has 0 aliphatic carbocycles. The zero-order valence-electron chi connectivity index (χ0n) is 15.0. The van der Waals surface area contributed by atoms with Crippen molar-refractivity contribution in [2.75, 3.05) is 39.4 Å². The van der Waals surface area contributed by atoms with E-state index < -0.39 is 0 Å². The monoisotopic (exact) mass is 356 g/mol. The second kappa shape index (κ2) is 7.51. The lowest BCUT2D eigenvalue weighted by Crippen LogP contribution is -2.46. The number of amides is 1. The summed E-state index contributed by atoms with van der Waals surface area (Å²) in [6, 6.07) is 7.54. The summed E-state index contributed by atoms with van der Waals surface area (Å²) in [5.41, 5.74) is 1.52. The normalized spacial score (nSPS) is 23.7. The van der Waals surface area contributed by atoms with Crippen LogP contribution in [0.25, 0.3) is 5.69 Å². The number of aromatic nitrogens is 4. The van der Waals surface area contributed by atoms with Crippen molar-refractivity contribution < 1.29 is 9.53 Å². The molecule has 4 rings (SSSR count). The predicted octanol–water partition coefficient (Wildman–Crippen LogP) is 0.845. The number of hydrogen-bond acceptors (Lipinski definition) is 6. The number of benzene rings is 1. The smallest absolute Gasteiger partial charge is 0.254 e. The number of nitrogens with zero attached hydrogens (tertiary/aromatic N) is 6. The van der Waals surface area contributed by atoms with E-state index in [1.165, 1.54) is 6.33 Å². The van der Waals surface area contributed by atoms with Crippen LogP contribution in [0.2, 0.25) is 0 Å². The van der Waals surface area contributed by atoms with Gasteiger partial charge in [0.1, 0.15) is 6.33 Å². The topological polar surface area (TPSA) is 76.4 Å². The van der Waals surface area contributed by atoms with Gasteiger partial charge in [-0.2, -0.15) is 0 Å². The maximum Gasteiger partial charge on any atom is 0.254 e. The maximum absolute atomic E-state index is 13.2. The van der Waals surface area contributed by atoms with Crippen LogP contribution in [0.1, 0.15) is 23.7 Å². The fraction of sp³-hybridized carbons (Fsp3) is 0.556. The summed E-state index contributed by atoms with van der Waals surface area (Å²) in [7, 11) is 0. The highest BCUT2D eigenvalue weighted by Crippen LogP contribution is 2.22. The van der Waals surface area contributed by atoms with Crippen molar-refractivity contribution in [2.45, 2.75) is 19.4 Å². The Kier molecular flexibility index (Phi) is 4.94. The van der Waals surface area contributed by atoms with E-state index in [1.54, 1.807) is 4.68 Å². The lowest BCUT2D eigenvalue weighted by atomic mass is 10.1. The van der Waals surface area contributed by atoms with E-state index in [9.17, 15) is 4.79 Å². The van der Waals surface area contributed by atoms with Gasteiger partial charge in [0.25, 0.3) is 5.91 Å². The van der Waals surface area contributed by atoms with Gasteiger partial charge < -0.3 is 14.5 Å². The van der Waals surface area contributed by atoms with Crippen molar-refractivity contribution in [3.05, 3.63) is 36.2 Å². The van der Waals surface area contributed by atoms with Crippen LogP contribution in [-0.4, -0.2) is 81.3 Å². The average molecular weight is 356 g/mol. The van der Waals surface area contributed by atoms with Crippen molar-refractivity contribution in [3.63, 3.8) is 0 Å². The number of rotatable bonds is 4. The Morgan fingerprint density at radius 2 is 2.04 bits per heavy atom. The van der Waals surface area contributed by atoms with Crippen LogP contribution in [0.15, 0.2) is 30.6 Å². The van der Waals surface area contributed by atoms with Gasteiger partial charge in [0.15, 0.2) is 0 Å². The number of tetrazole rings is 1. The van der Waals surface area contributed by atoms with Crippen LogP contribution >= 0.6 is 0 Å². The molecular formula is C18H24N6O2. The predicted molar refractivity (Wildman–Crippen MR) is 95.0 cm³/mol. The molecule has 0 spiro atoms. The van der Waals surface area contributed by atoms with Gasteiger partial charge >= 0.3 is 0 Å². The van der Waals surface area contributed by atoms with Crippen molar-refractivity contribution in [3.8, 4) is 5.69 Å². The molecule has 0 saturated carbocycles. The molecule has 138 valence electrons. The second-order valence-corrected chi connectivity index (χ2v) is 7.08. The molecule has 0 N–H and O–H groups in total. The molecule has 3 heterocycles. The molecule has 2 aliphatic rings. The second-order valence-electron chi connectivity index (χ2n) is 7.08. The van der Waals surface area contributed by atoms with Gasteiger partial charge in [-0.25, -0.2) is 4.68 Å². The largest absolute Gasteiger partial charge is 0.379 e. The van der Waals surface area contributed by atoms with Crippen molar-refractivity contribution >= 4 is 5.91 Å². The third-order valence-electron chi connectivity index (χ3n) is 5.07. The van der Waals surface area contributed by atoms with Gasteiger partial charge in [0, 0.05) is 31.1 Å². The summed E-state index contributed by atoms with van der Waals surface area (Å²) in [6.07, 6.45) is 2.67. The van der Waals surface area contributed by atoms with E-state index >= 15 is 0 Å². The number of carbonyl (C=O) groups excluding carboxylic acids is 1. The highest BCUT2D eigenvalue weighted by molar-refractivity contribution is 5.94. The van der Waals surface area contributed by atoms with Crippen molar-refractivity contribution in [1.29, 1.82) is 0 Å². The molecule has 1 aromatic heterocycles. The molecule has 1 amide bonds. The Labute approximate surface area is 152 Å². The summed E-state index contributed by atoms with van der Waals surface area (Å²) in [5, 5.41) is 11.1. The highest BCUT2D eigenvalue weighted by atomic mass is 16.5. The molecule has 2 aromatic rings. The minimum absolute atomic E-state index is 0.0760. The fourth-order valence-corrected chi connectivity index (χ4v) is 3.89.